The second kappa shape index (κ2) is 8.77. The van der Waals surface area contributed by atoms with Gasteiger partial charge in [-0.15, -0.1) is 0 Å². The van der Waals surface area contributed by atoms with E-state index < -0.39 is 0 Å². The lowest BCUT2D eigenvalue weighted by atomic mass is 10.0. The fourth-order valence-corrected chi connectivity index (χ4v) is 3.76. The van der Waals surface area contributed by atoms with Gasteiger partial charge in [0.2, 0.25) is 5.91 Å². The molecule has 0 saturated carbocycles. The fourth-order valence-electron chi connectivity index (χ4n) is 3.76. The molecule has 0 aliphatic carbocycles. The van der Waals surface area contributed by atoms with Crippen LogP contribution >= 0.6 is 0 Å². The minimum Gasteiger partial charge on any atom is -0.497 e. The van der Waals surface area contributed by atoms with Gasteiger partial charge in [0.15, 0.2) is 0 Å². The van der Waals surface area contributed by atoms with Crippen molar-refractivity contribution in [3.63, 3.8) is 0 Å². The number of nitrogens with zero attached hydrogens (tertiary/aromatic N) is 2. The number of ether oxygens (including phenoxy) is 2. The molecular weight excluding hydrogens is 354 g/mol. The van der Waals surface area contributed by atoms with Gasteiger partial charge in [-0.1, -0.05) is 18.2 Å². The van der Waals surface area contributed by atoms with E-state index in [4.69, 9.17) is 9.47 Å². The first kappa shape index (κ1) is 19.7. The number of nitrogens with one attached hydrogen (secondary N) is 1. The second-order valence-corrected chi connectivity index (χ2v) is 6.83. The summed E-state index contributed by atoms with van der Waals surface area (Å²) in [6.45, 7) is 2.73. The number of hydrogen-bond donors (Lipinski definition) is 1. The number of carbonyl (C=O) groups is 1. The molecule has 1 N–H and O–H groups in total. The van der Waals surface area contributed by atoms with E-state index in [1.165, 1.54) is 0 Å². The third kappa shape index (κ3) is 3.95. The van der Waals surface area contributed by atoms with Gasteiger partial charge >= 0.3 is 0 Å². The molecule has 2 aromatic carbocycles. The summed E-state index contributed by atoms with van der Waals surface area (Å²) in [6, 6.07) is 14.7. The molecular formula is C22H25N3O3. The maximum absolute atomic E-state index is 12.9. The number of nitriles is 1. The van der Waals surface area contributed by atoms with E-state index >= 15 is 0 Å². The molecule has 3 rings (SSSR count). The van der Waals surface area contributed by atoms with E-state index in [0.717, 1.165) is 36.4 Å². The molecule has 1 heterocycles. The summed E-state index contributed by atoms with van der Waals surface area (Å²) in [5.41, 5.74) is 2.05. The van der Waals surface area contributed by atoms with E-state index in [2.05, 4.69) is 16.3 Å². The number of anilines is 1. The van der Waals surface area contributed by atoms with E-state index in [1.807, 2.05) is 31.2 Å². The van der Waals surface area contributed by atoms with Gasteiger partial charge < -0.3 is 14.8 Å². The van der Waals surface area contributed by atoms with Crippen molar-refractivity contribution in [3.05, 3.63) is 53.6 Å². The summed E-state index contributed by atoms with van der Waals surface area (Å²) < 4.78 is 10.9. The third-order valence-electron chi connectivity index (χ3n) is 5.28. The quantitative estimate of drug-likeness (QED) is 0.828. The first-order valence-corrected chi connectivity index (χ1v) is 9.36. The zero-order chi connectivity index (χ0) is 20.1. The summed E-state index contributed by atoms with van der Waals surface area (Å²) in [5, 5.41) is 12.1. The largest absolute Gasteiger partial charge is 0.497 e. The Kier molecular flexibility index (Phi) is 6.17. The summed E-state index contributed by atoms with van der Waals surface area (Å²) in [6.07, 6.45) is 1.96. The molecule has 0 aromatic heterocycles. The van der Waals surface area contributed by atoms with Crippen molar-refractivity contribution in [2.24, 2.45) is 0 Å². The lowest BCUT2D eigenvalue weighted by Gasteiger charge is -2.31. The SMILES string of the molecule is COc1ccc([C@H]2CCCN2[C@H](C)C(=O)Nc2ccccc2C#N)c(OC)c1. The van der Waals surface area contributed by atoms with Crippen LogP contribution in [0.2, 0.25) is 0 Å². The Bertz CT molecular complexity index is 891. The molecule has 2 atom stereocenters. The second-order valence-electron chi connectivity index (χ2n) is 6.83. The molecule has 0 radical (unpaired) electrons. The molecule has 0 bridgehead atoms. The highest BCUT2D eigenvalue weighted by Gasteiger charge is 2.34. The first-order chi connectivity index (χ1) is 13.6. The normalized spacial score (nSPS) is 17.6. The minimum atomic E-state index is -0.342. The van der Waals surface area contributed by atoms with Crippen LogP contribution in [-0.4, -0.2) is 37.6 Å². The van der Waals surface area contributed by atoms with Gasteiger partial charge in [-0.05, 0) is 44.5 Å². The highest BCUT2D eigenvalue weighted by atomic mass is 16.5. The van der Waals surface area contributed by atoms with Gasteiger partial charge in [0.1, 0.15) is 17.6 Å². The number of amides is 1. The number of hydrogen-bond acceptors (Lipinski definition) is 5. The number of methoxy groups -OCH3 is 2. The molecule has 28 heavy (non-hydrogen) atoms. The number of para-hydroxylation sites is 1. The maximum Gasteiger partial charge on any atom is 0.241 e. The number of rotatable bonds is 6. The van der Waals surface area contributed by atoms with Crippen molar-refractivity contribution >= 4 is 11.6 Å². The molecule has 146 valence electrons. The average molecular weight is 379 g/mol. The van der Waals surface area contributed by atoms with Crippen molar-refractivity contribution < 1.29 is 14.3 Å². The monoisotopic (exact) mass is 379 g/mol. The van der Waals surface area contributed by atoms with E-state index in [1.54, 1.807) is 32.4 Å². The Balaban J connectivity index is 1.80. The number of likely N-dealkylation sites (tertiary alicyclic amines) is 1. The van der Waals surface area contributed by atoms with Crippen molar-refractivity contribution in [1.29, 1.82) is 5.26 Å². The van der Waals surface area contributed by atoms with Gasteiger partial charge in [0.05, 0.1) is 31.5 Å². The Morgan fingerprint density at radius 1 is 1.25 bits per heavy atom. The van der Waals surface area contributed by atoms with Crippen LogP contribution in [0, 0.1) is 11.3 Å². The number of benzene rings is 2. The molecule has 0 unspecified atom stereocenters. The molecule has 1 amide bonds. The van der Waals surface area contributed by atoms with Crippen molar-refractivity contribution in [2.45, 2.75) is 31.8 Å². The smallest absolute Gasteiger partial charge is 0.241 e. The molecule has 1 aliphatic heterocycles. The van der Waals surface area contributed by atoms with Crippen molar-refractivity contribution in [2.75, 3.05) is 26.1 Å². The highest BCUT2D eigenvalue weighted by molar-refractivity contribution is 5.95. The van der Waals surface area contributed by atoms with Gasteiger partial charge in [-0.25, -0.2) is 0 Å². The Labute approximate surface area is 165 Å². The Morgan fingerprint density at radius 2 is 2.04 bits per heavy atom. The highest BCUT2D eigenvalue weighted by Crippen LogP contribution is 2.39. The summed E-state index contributed by atoms with van der Waals surface area (Å²) >= 11 is 0. The molecule has 1 fully saturated rings. The molecule has 1 saturated heterocycles. The zero-order valence-electron chi connectivity index (χ0n) is 16.4. The van der Waals surface area contributed by atoms with E-state index in [0.29, 0.717) is 11.3 Å². The van der Waals surface area contributed by atoms with Crippen LogP contribution in [0.5, 0.6) is 11.5 Å². The van der Waals surface area contributed by atoms with Crippen LogP contribution in [0.25, 0.3) is 0 Å². The van der Waals surface area contributed by atoms with Crippen molar-refractivity contribution in [3.8, 4) is 17.6 Å². The molecule has 0 spiro atoms. The topological polar surface area (TPSA) is 74.6 Å². The van der Waals surface area contributed by atoms with Crippen LogP contribution in [0.4, 0.5) is 5.69 Å². The Hall–Kier alpha value is -3.04. The van der Waals surface area contributed by atoms with E-state index in [9.17, 15) is 10.1 Å². The lowest BCUT2D eigenvalue weighted by Crippen LogP contribution is -2.41. The molecule has 1 aliphatic rings. The van der Waals surface area contributed by atoms with Crippen LogP contribution in [0.3, 0.4) is 0 Å². The molecule has 6 nitrogen and oxygen atoms in total. The van der Waals surface area contributed by atoms with Crippen molar-refractivity contribution in [1.82, 2.24) is 4.90 Å². The zero-order valence-corrected chi connectivity index (χ0v) is 16.4. The maximum atomic E-state index is 12.9. The average Bonchev–Trinajstić information content (AvgIpc) is 3.22. The Morgan fingerprint density at radius 3 is 2.75 bits per heavy atom. The fraction of sp³-hybridized carbons (Fsp3) is 0.364. The van der Waals surface area contributed by atoms with Gasteiger partial charge in [-0.3, -0.25) is 9.69 Å². The molecule has 6 heteroatoms. The van der Waals surface area contributed by atoms with Gasteiger partial charge in [0, 0.05) is 17.7 Å². The van der Waals surface area contributed by atoms with Gasteiger partial charge in [-0.2, -0.15) is 5.26 Å². The predicted molar refractivity (Wildman–Crippen MR) is 107 cm³/mol. The predicted octanol–water partition coefficient (Wildman–Crippen LogP) is 3.74. The number of carbonyl (C=O) groups excluding carboxylic acids is 1. The van der Waals surface area contributed by atoms with Crippen LogP contribution in [-0.2, 0) is 4.79 Å². The third-order valence-corrected chi connectivity index (χ3v) is 5.28. The summed E-state index contributed by atoms with van der Waals surface area (Å²) in [7, 11) is 3.27. The summed E-state index contributed by atoms with van der Waals surface area (Å²) in [5.74, 6) is 1.38. The standard InChI is InChI=1S/C22H25N3O3/c1-15(22(26)24-19-8-5-4-7-16(19)14-23)25-12-6-9-20(25)18-11-10-17(27-2)13-21(18)28-3/h4-5,7-8,10-11,13,15,20H,6,9,12H2,1-3H3,(H,24,26)/t15-,20-/m1/s1. The lowest BCUT2D eigenvalue weighted by molar-refractivity contribution is -0.121. The van der Waals surface area contributed by atoms with Gasteiger partial charge in [0.25, 0.3) is 0 Å². The first-order valence-electron chi connectivity index (χ1n) is 9.36. The van der Waals surface area contributed by atoms with E-state index in [-0.39, 0.29) is 18.0 Å². The molecule has 2 aromatic rings. The van der Waals surface area contributed by atoms with Crippen LogP contribution in [0.15, 0.2) is 42.5 Å². The minimum absolute atomic E-state index is 0.0906. The van der Waals surface area contributed by atoms with Crippen LogP contribution in [0.1, 0.15) is 36.9 Å². The van der Waals surface area contributed by atoms with Crippen LogP contribution < -0.4 is 14.8 Å². The summed E-state index contributed by atoms with van der Waals surface area (Å²) in [4.78, 5) is 15.1.